The van der Waals surface area contributed by atoms with Gasteiger partial charge in [0.05, 0.1) is 4.99 Å². The molecule has 17 heavy (non-hydrogen) atoms. The molecule has 2 saturated heterocycles. The molecular weight excluding hydrogens is 230 g/mol. The molecule has 0 aromatic carbocycles. The van der Waals surface area contributed by atoms with E-state index in [1.165, 1.54) is 58.4 Å². The monoisotopic (exact) mass is 255 g/mol. The fourth-order valence-corrected chi connectivity index (χ4v) is 3.27. The fraction of sp³-hybridized carbons (Fsp3) is 0.923. The molecule has 0 aromatic heterocycles. The van der Waals surface area contributed by atoms with Crippen LogP contribution in [0.3, 0.4) is 0 Å². The highest BCUT2D eigenvalue weighted by atomic mass is 32.1. The number of fused-ring (bicyclic) bond motifs is 1. The van der Waals surface area contributed by atoms with Crippen molar-refractivity contribution in [1.29, 1.82) is 0 Å². The minimum absolute atomic E-state index is 0.669. The Morgan fingerprint density at radius 1 is 1.18 bits per heavy atom. The third-order valence-corrected chi connectivity index (χ3v) is 4.24. The average molecular weight is 255 g/mol. The third-order valence-electron chi connectivity index (χ3n) is 4.04. The molecule has 1 atom stereocenters. The van der Waals surface area contributed by atoms with Gasteiger partial charge in [0.1, 0.15) is 0 Å². The number of hydrogen-bond acceptors (Lipinski definition) is 3. The van der Waals surface area contributed by atoms with Crippen molar-refractivity contribution in [2.45, 2.75) is 44.6 Å². The van der Waals surface area contributed by atoms with Crippen LogP contribution in [0.5, 0.6) is 0 Å². The highest BCUT2D eigenvalue weighted by molar-refractivity contribution is 7.80. The van der Waals surface area contributed by atoms with Crippen LogP contribution in [-0.4, -0.2) is 53.6 Å². The van der Waals surface area contributed by atoms with Crippen LogP contribution in [0.25, 0.3) is 0 Å². The zero-order chi connectivity index (χ0) is 12.1. The summed E-state index contributed by atoms with van der Waals surface area (Å²) >= 11 is 4.91. The molecule has 2 aliphatic rings. The zero-order valence-electron chi connectivity index (χ0n) is 10.7. The Balaban J connectivity index is 1.68. The summed E-state index contributed by atoms with van der Waals surface area (Å²) in [7, 11) is 0. The Kier molecular flexibility index (Phi) is 5.19. The lowest BCUT2D eigenvalue weighted by molar-refractivity contribution is 0.218. The molecule has 0 radical (unpaired) electrons. The van der Waals surface area contributed by atoms with Gasteiger partial charge in [-0.2, -0.15) is 0 Å². The first-order valence-electron chi connectivity index (χ1n) is 7.00. The third kappa shape index (κ3) is 4.19. The molecule has 98 valence electrons. The predicted octanol–water partition coefficient (Wildman–Crippen LogP) is 1.61. The molecule has 2 rings (SSSR count). The first kappa shape index (κ1) is 13.2. The van der Waals surface area contributed by atoms with Gasteiger partial charge in [-0.25, -0.2) is 0 Å². The van der Waals surface area contributed by atoms with Crippen molar-refractivity contribution >= 4 is 17.2 Å². The molecule has 0 aromatic rings. The van der Waals surface area contributed by atoms with E-state index in [0.29, 0.717) is 4.99 Å². The highest BCUT2D eigenvalue weighted by Gasteiger charge is 2.28. The van der Waals surface area contributed by atoms with E-state index in [1.54, 1.807) is 0 Å². The molecule has 2 N–H and O–H groups in total. The molecule has 0 amide bonds. The van der Waals surface area contributed by atoms with Gasteiger partial charge in [-0.3, -0.25) is 4.90 Å². The van der Waals surface area contributed by atoms with Crippen LogP contribution in [0, 0.1) is 0 Å². The van der Waals surface area contributed by atoms with Crippen molar-refractivity contribution in [3.8, 4) is 0 Å². The van der Waals surface area contributed by atoms with Crippen LogP contribution in [0.15, 0.2) is 0 Å². The summed E-state index contributed by atoms with van der Waals surface area (Å²) in [6.07, 6.45) is 7.46. The van der Waals surface area contributed by atoms with Crippen LogP contribution >= 0.6 is 12.2 Å². The minimum Gasteiger partial charge on any atom is -0.393 e. The molecule has 1 unspecified atom stereocenters. The number of nitrogens with two attached hydrogens (primary N) is 1. The standard InChI is InChI=1S/C13H25N3S/c14-13(17)6-1-2-7-15-8-4-10-16-9-3-5-12(16)11-15/h12H,1-11H2,(H2,14,17). The molecular formula is C13H25N3S. The van der Waals surface area contributed by atoms with Gasteiger partial charge in [-0.05, 0) is 64.7 Å². The lowest BCUT2D eigenvalue weighted by atomic mass is 10.2. The Hall–Kier alpha value is -0.190. The van der Waals surface area contributed by atoms with Crippen LogP contribution < -0.4 is 5.73 Å². The van der Waals surface area contributed by atoms with Gasteiger partial charge in [0.15, 0.2) is 0 Å². The summed E-state index contributed by atoms with van der Waals surface area (Å²) in [6.45, 7) is 6.44. The molecule has 4 heteroatoms. The van der Waals surface area contributed by atoms with E-state index in [1.807, 2.05) is 0 Å². The van der Waals surface area contributed by atoms with E-state index in [2.05, 4.69) is 9.80 Å². The van der Waals surface area contributed by atoms with E-state index in [4.69, 9.17) is 18.0 Å². The summed E-state index contributed by atoms with van der Waals surface area (Å²) in [4.78, 5) is 6.01. The van der Waals surface area contributed by atoms with Gasteiger partial charge in [-0.15, -0.1) is 0 Å². The van der Waals surface area contributed by atoms with Gasteiger partial charge >= 0.3 is 0 Å². The van der Waals surface area contributed by atoms with Crippen molar-refractivity contribution in [2.75, 3.05) is 32.7 Å². The summed E-state index contributed by atoms with van der Waals surface area (Å²) in [5.41, 5.74) is 5.52. The van der Waals surface area contributed by atoms with Gasteiger partial charge < -0.3 is 10.6 Å². The van der Waals surface area contributed by atoms with Crippen molar-refractivity contribution in [3.63, 3.8) is 0 Å². The normalized spacial score (nSPS) is 26.7. The summed E-state index contributed by atoms with van der Waals surface area (Å²) in [6, 6.07) is 0.841. The van der Waals surface area contributed by atoms with Crippen molar-refractivity contribution in [2.24, 2.45) is 5.73 Å². The molecule has 0 bridgehead atoms. The first-order valence-corrected chi connectivity index (χ1v) is 7.41. The molecule has 3 nitrogen and oxygen atoms in total. The average Bonchev–Trinajstić information content (AvgIpc) is 2.63. The van der Waals surface area contributed by atoms with Crippen LogP contribution in [-0.2, 0) is 0 Å². The van der Waals surface area contributed by atoms with Crippen molar-refractivity contribution in [1.82, 2.24) is 9.80 Å². The van der Waals surface area contributed by atoms with Gasteiger partial charge in [0.2, 0.25) is 0 Å². The van der Waals surface area contributed by atoms with Crippen LogP contribution in [0.4, 0.5) is 0 Å². The Morgan fingerprint density at radius 2 is 2.00 bits per heavy atom. The minimum atomic E-state index is 0.669. The smallest absolute Gasteiger partial charge is 0.0727 e. The second kappa shape index (κ2) is 6.66. The van der Waals surface area contributed by atoms with Crippen LogP contribution in [0.2, 0.25) is 0 Å². The topological polar surface area (TPSA) is 32.5 Å². The van der Waals surface area contributed by atoms with E-state index in [9.17, 15) is 0 Å². The maximum Gasteiger partial charge on any atom is 0.0727 e. The molecule has 0 spiro atoms. The molecule has 2 aliphatic heterocycles. The van der Waals surface area contributed by atoms with Crippen molar-refractivity contribution in [3.05, 3.63) is 0 Å². The summed E-state index contributed by atoms with van der Waals surface area (Å²) < 4.78 is 0. The van der Waals surface area contributed by atoms with Crippen molar-refractivity contribution < 1.29 is 0 Å². The lowest BCUT2D eigenvalue weighted by Crippen LogP contribution is -2.37. The summed E-state index contributed by atoms with van der Waals surface area (Å²) in [5.74, 6) is 0. The Morgan fingerprint density at radius 3 is 2.82 bits per heavy atom. The SMILES string of the molecule is NC(=S)CCCCN1CCCN2CCCC2C1. The number of rotatable bonds is 5. The second-order valence-electron chi connectivity index (χ2n) is 5.41. The van der Waals surface area contributed by atoms with E-state index in [0.717, 1.165) is 18.9 Å². The highest BCUT2D eigenvalue weighted by Crippen LogP contribution is 2.21. The molecule has 2 heterocycles. The van der Waals surface area contributed by atoms with Gasteiger partial charge in [0.25, 0.3) is 0 Å². The Bertz CT molecular complexity index is 257. The predicted molar refractivity (Wildman–Crippen MR) is 76.3 cm³/mol. The number of nitrogens with zero attached hydrogens (tertiary/aromatic N) is 2. The van der Waals surface area contributed by atoms with Crippen LogP contribution in [0.1, 0.15) is 38.5 Å². The second-order valence-corrected chi connectivity index (χ2v) is 5.93. The molecule has 0 aliphatic carbocycles. The fourth-order valence-electron chi connectivity index (χ4n) is 3.12. The molecule has 2 fully saturated rings. The number of hydrogen-bond donors (Lipinski definition) is 1. The van der Waals surface area contributed by atoms with E-state index >= 15 is 0 Å². The van der Waals surface area contributed by atoms with Gasteiger partial charge in [-0.1, -0.05) is 12.2 Å². The first-order chi connectivity index (χ1) is 8.25. The lowest BCUT2D eigenvalue weighted by Gasteiger charge is -2.25. The molecule has 0 saturated carbocycles. The quantitative estimate of drug-likeness (QED) is 0.598. The zero-order valence-corrected chi connectivity index (χ0v) is 11.6. The van der Waals surface area contributed by atoms with E-state index < -0.39 is 0 Å². The Labute approximate surface area is 110 Å². The number of thiocarbonyl (C=S) groups is 1. The summed E-state index contributed by atoms with van der Waals surface area (Å²) in [5, 5.41) is 0. The largest absolute Gasteiger partial charge is 0.393 e. The maximum absolute atomic E-state index is 5.52. The maximum atomic E-state index is 5.52. The van der Waals surface area contributed by atoms with Gasteiger partial charge in [0, 0.05) is 12.6 Å². The number of unbranched alkanes of at least 4 members (excludes halogenated alkanes) is 1. The van der Waals surface area contributed by atoms with E-state index in [-0.39, 0.29) is 0 Å².